The summed E-state index contributed by atoms with van der Waals surface area (Å²) in [7, 11) is 2.16. The van der Waals surface area contributed by atoms with Gasteiger partial charge in [0.15, 0.2) is 0 Å². The predicted octanol–water partition coefficient (Wildman–Crippen LogP) is 2.66. The Morgan fingerprint density at radius 2 is 1.80 bits per heavy atom. The molecular formula is C13H27NO. The maximum absolute atomic E-state index is 10.3. The van der Waals surface area contributed by atoms with E-state index in [-0.39, 0.29) is 0 Å². The number of likely N-dealkylation sites (N-methyl/N-ethyl adjacent to an activating group) is 1. The van der Waals surface area contributed by atoms with Crippen molar-refractivity contribution in [2.45, 2.75) is 64.5 Å². The molecule has 2 nitrogen and oxygen atoms in total. The van der Waals surface area contributed by atoms with E-state index in [4.69, 9.17) is 0 Å². The first-order valence-electron chi connectivity index (χ1n) is 6.36. The van der Waals surface area contributed by atoms with Gasteiger partial charge in [-0.05, 0) is 32.7 Å². The Labute approximate surface area is 94.7 Å². The molecule has 0 saturated heterocycles. The highest BCUT2D eigenvalue weighted by Gasteiger charge is 2.29. The Morgan fingerprint density at radius 3 is 2.27 bits per heavy atom. The van der Waals surface area contributed by atoms with Gasteiger partial charge in [-0.2, -0.15) is 0 Å². The molecule has 1 unspecified atom stereocenters. The molecule has 1 N–H and O–H groups in total. The molecule has 15 heavy (non-hydrogen) atoms. The van der Waals surface area contributed by atoms with Gasteiger partial charge in [0.25, 0.3) is 0 Å². The van der Waals surface area contributed by atoms with E-state index in [2.05, 4.69) is 25.8 Å². The molecule has 1 fully saturated rings. The van der Waals surface area contributed by atoms with Gasteiger partial charge in [0.2, 0.25) is 0 Å². The number of nitrogens with zero attached hydrogens (tertiary/aromatic N) is 1. The van der Waals surface area contributed by atoms with Gasteiger partial charge >= 0.3 is 0 Å². The molecule has 1 aliphatic rings. The van der Waals surface area contributed by atoms with Gasteiger partial charge in [-0.1, -0.05) is 33.1 Å². The summed E-state index contributed by atoms with van der Waals surface area (Å²) in [4.78, 5) is 2.36. The van der Waals surface area contributed by atoms with Crippen LogP contribution in [0, 0.1) is 5.92 Å². The quantitative estimate of drug-likeness (QED) is 0.776. The molecule has 0 aromatic heterocycles. The van der Waals surface area contributed by atoms with Crippen molar-refractivity contribution in [3.8, 4) is 0 Å². The van der Waals surface area contributed by atoms with Crippen LogP contribution in [0.2, 0.25) is 0 Å². The molecule has 0 aliphatic heterocycles. The summed E-state index contributed by atoms with van der Waals surface area (Å²) in [5.41, 5.74) is -0.549. The lowest BCUT2D eigenvalue weighted by atomic mass is 9.89. The van der Waals surface area contributed by atoms with E-state index in [1.54, 1.807) is 0 Å². The third kappa shape index (κ3) is 3.76. The van der Waals surface area contributed by atoms with Gasteiger partial charge in [-0.3, -0.25) is 0 Å². The summed E-state index contributed by atoms with van der Waals surface area (Å²) in [6.07, 6.45) is 6.73. The fraction of sp³-hybridized carbons (Fsp3) is 1.00. The fourth-order valence-electron chi connectivity index (χ4n) is 2.34. The van der Waals surface area contributed by atoms with E-state index in [0.29, 0.717) is 12.0 Å². The van der Waals surface area contributed by atoms with Crippen LogP contribution in [-0.4, -0.2) is 35.2 Å². The van der Waals surface area contributed by atoms with Gasteiger partial charge in [0, 0.05) is 12.6 Å². The molecule has 0 aromatic carbocycles. The Balaban J connectivity index is 2.42. The Hall–Kier alpha value is -0.0800. The molecule has 1 atom stereocenters. The summed E-state index contributed by atoms with van der Waals surface area (Å²) in [6, 6.07) is 0.698. The monoisotopic (exact) mass is 213 g/mol. The van der Waals surface area contributed by atoms with Crippen molar-refractivity contribution < 1.29 is 5.11 Å². The van der Waals surface area contributed by atoms with E-state index in [9.17, 15) is 5.11 Å². The minimum atomic E-state index is -0.549. The first kappa shape index (κ1) is 13.0. The molecule has 1 saturated carbocycles. The maximum Gasteiger partial charge on any atom is 0.0768 e. The Morgan fingerprint density at radius 1 is 1.27 bits per heavy atom. The van der Waals surface area contributed by atoms with E-state index in [1.807, 2.05) is 6.92 Å². The van der Waals surface area contributed by atoms with Gasteiger partial charge in [0.05, 0.1) is 5.60 Å². The average Bonchev–Trinajstić information content (AvgIpc) is 2.18. The topological polar surface area (TPSA) is 23.5 Å². The predicted molar refractivity (Wildman–Crippen MR) is 65.0 cm³/mol. The molecule has 0 amide bonds. The van der Waals surface area contributed by atoms with E-state index in [1.165, 1.54) is 32.1 Å². The van der Waals surface area contributed by atoms with Crippen LogP contribution in [0.15, 0.2) is 0 Å². The summed E-state index contributed by atoms with van der Waals surface area (Å²) >= 11 is 0. The third-order valence-electron chi connectivity index (χ3n) is 4.01. The first-order chi connectivity index (χ1) is 6.93. The molecular weight excluding hydrogens is 186 g/mol. The normalized spacial score (nSPS) is 23.4. The lowest BCUT2D eigenvalue weighted by Gasteiger charge is -2.38. The molecule has 1 aliphatic carbocycles. The zero-order valence-electron chi connectivity index (χ0n) is 10.8. The standard InChI is InChI=1S/C13H27NO/c1-11(2)13(3,15)10-14(4)12-8-6-5-7-9-12/h11-12,15H,5-10H2,1-4H3. The van der Waals surface area contributed by atoms with Crippen LogP contribution in [-0.2, 0) is 0 Å². The summed E-state index contributed by atoms with van der Waals surface area (Å²) in [5.74, 6) is 0.323. The molecule has 0 radical (unpaired) electrons. The average molecular weight is 213 g/mol. The molecule has 0 aromatic rings. The van der Waals surface area contributed by atoms with Crippen LogP contribution < -0.4 is 0 Å². The maximum atomic E-state index is 10.3. The van der Waals surface area contributed by atoms with Gasteiger partial charge in [-0.25, -0.2) is 0 Å². The molecule has 1 rings (SSSR count). The van der Waals surface area contributed by atoms with Crippen LogP contribution in [0.5, 0.6) is 0 Å². The Bertz CT molecular complexity index is 183. The van der Waals surface area contributed by atoms with E-state index < -0.39 is 5.60 Å². The zero-order valence-corrected chi connectivity index (χ0v) is 10.8. The molecule has 90 valence electrons. The lowest BCUT2D eigenvalue weighted by molar-refractivity contribution is -0.0253. The van der Waals surface area contributed by atoms with Crippen LogP contribution in [0.25, 0.3) is 0 Å². The zero-order chi connectivity index (χ0) is 11.5. The first-order valence-corrected chi connectivity index (χ1v) is 6.36. The number of rotatable bonds is 4. The second-order valence-corrected chi connectivity index (χ2v) is 5.72. The van der Waals surface area contributed by atoms with Crippen molar-refractivity contribution in [1.82, 2.24) is 4.90 Å². The van der Waals surface area contributed by atoms with Crippen LogP contribution in [0.4, 0.5) is 0 Å². The van der Waals surface area contributed by atoms with E-state index >= 15 is 0 Å². The molecule has 0 bridgehead atoms. The highest BCUT2D eigenvalue weighted by atomic mass is 16.3. The molecule has 0 spiro atoms. The van der Waals surface area contributed by atoms with Crippen molar-refractivity contribution >= 4 is 0 Å². The SMILES string of the molecule is CC(C)C(C)(O)CN(C)C1CCCCC1. The second kappa shape index (κ2) is 5.31. The van der Waals surface area contributed by atoms with Gasteiger partial charge in [0.1, 0.15) is 0 Å². The van der Waals surface area contributed by atoms with E-state index in [0.717, 1.165) is 6.54 Å². The van der Waals surface area contributed by atoms with Crippen LogP contribution in [0.1, 0.15) is 52.9 Å². The number of aliphatic hydroxyl groups is 1. The van der Waals surface area contributed by atoms with Crippen molar-refractivity contribution in [1.29, 1.82) is 0 Å². The molecule has 2 heteroatoms. The van der Waals surface area contributed by atoms with Crippen LogP contribution in [0.3, 0.4) is 0 Å². The minimum absolute atomic E-state index is 0.323. The highest BCUT2D eigenvalue weighted by Crippen LogP contribution is 2.24. The van der Waals surface area contributed by atoms with Crippen molar-refractivity contribution in [2.75, 3.05) is 13.6 Å². The van der Waals surface area contributed by atoms with Crippen molar-refractivity contribution in [2.24, 2.45) is 5.92 Å². The van der Waals surface area contributed by atoms with Gasteiger partial charge < -0.3 is 10.0 Å². The van der Waals surface area contributed by atoms with Crippen molar-refractivity contribution in [3.05, 3.63) is 0 Å². The van der Waals surface area contributed by atoms with Crippen molar-refractivity contribution in [3.63, 3.8) is 0 Å². The smallest absolute Gasteiger partial charge is 0.0768 e. The Kier molecular flexibility index (Phi) is 4.60. The third-order valence-corrected chi connectivity index (χ3v) is 4.01. The lowest BCUT2D eigenvalue weighted by Crippen LogP contribution is -2.47. The number of hydrogen-bond donors (Lipinski definition) is 1. The van der Waals surface area contributed by atoms with Crippen LogP contribution >= 0.6 is 0 Å². The fourth-order valence-corrected chi connectivity index (χ4v) is 2.34. The summed E-state index contributed by atoms with van der Waals surface area (Å²) in [6.45, 7) is 6.94. The number of hydrogen-bond acceptors (Lipinski definition) is 2. The largest absolute Gasteiger partial charge is 0.389 e. The van der Waals surface area contributed by atoms with Gasteiger partial charge in [-0.15, -0.1) is 0 Å². The summed E-state index contributed by atoms with van der Waals surface area (Å²) in [5, 5.41) is 10.3. The minimum Gasteiger partial charge on any atom is -0.389 e. The second-order valence-electron chi connectivity index (χ2n) is 5.72. The molecule has 0 heterocycles. The highest BCUT2D eigenvalue weighted by molar-refractivity contribution is 4.83. The summed E-state index contributed by atoms with van der Waals surface area (Å²) < 4.78 is 0.